The van der Waals surface area contributed by atoms with Crippen molar-refractivity contribution < 1.29 is 27.0 Å². The van der Waals surface area contributed by atoms with Gasteiger partial charge in [-0.1, -0.05) is 25.8 Å². The molecule has 0 rings (SSSR count). The fourth-order valence-electron chi connectivity index (χ4n) is 2.37. The zero-order chi connectivity index (χ0) is 17.8. The monoisotopic (exact) mass is 350 g/mol. The number of rotatable bonds is 14. The first-order valence-electron chi connectivity index (χ1n) is 8.23. The maximum absolute atomic E-state index is 10.9. The van der Waals surface area contributed by atoms with Gasteiger partial charge in [-0.05, 0) is 19.3 Å². The third kappa shape index (κ3) is 15.7. The SMILES string of the molecule is C=CC(=O)OCCC[N+](C)(C)CCCCCCCCS(=O)(=O)O. The molecule has 0 radical (unpaired) electrons. The Morgan fingerprint density at radius 1 is 1.04 bits per heavy atom. The molecular formula is C16H32NO5S+. The Balaban J connectivity index is 3.54. The van der Waals surface area contributed by atoms with Gasteiger partial charge in [0, 0.05) is 12.5 Å². The molecule has 0 amide bonds. The lowest BCUT2D eigenvalue weighted by molar-refractivity contribution is -0.890. The van der Waals surface area contributed by atoms with Crippen LogP contribution in [0.15, 0.2) is 12.7 Å². The van der Waals surface area contributed by atoms with Crippen LogP contribution in [0.1, 0.15) is 44.9 Å². The van der Waals surface area contributed by atoms with Crippen molar-refractivity contribution in [2.24, 2.45) is 0 Å². The summed E-state index contributed by atoms with van der Waals surface area (Å²) in [5, 5.41) is 0. The number of hydrogen-bond acceptors (Lipinski definition) is 4. The van der Waals surface area contributed by atoms with Gasteiger partial charge in [0.1, 0.15) is 0 Å². The lowest BCUT2D eigenvalue weighted by Gasteiger charge is -2.29. The third-order valence-electron chi connectivity index (χ3n) is 3.73. The average Bonchev–Trinajstić information content (AvgIpc) is 2.45. The summed E-state index contributed by atoms with van der Waals surface area (Å²) in [6.07, 6.45) is 7.72. The molecule has 7 heteroatoms. The quantitative estimate of drug-likeness (QED) is 0.171. The molecule has 0 bridgehead atoms. The molecule has 0 fully saturated rings. The van der Waals surface area contributed by atoms with Crippen molar-refractivity contribution in [1.29, 1.82) is 0 Å². The summed E-state index contributed by atoms with van der Waals surface area (Å²) >= 11 is 0. The van der Waals surface area contributed by atoms with Gasteiger partial charge < -0.3 is 9.22 Å². The Kier molecular flexibility index (Phi) is 11.1. The number of carbonyl (C=O) groups excluding carboxylic acids is 1. The minimum Gasteiger partial charge on any atom is -0.462 e. The Labute approximate surface area is 140 Å². The summed E-state index contributed by atoms with van der Waals surface area (Å²) < 4.78 is 35.6. The van der Waals surface area contributed by atoms with Crippen molar-refractivity contribution in [1.82, 2.24) is 0 Å². The average molecular weight is 351 g/mol. The number of nitrogens with zero attached hydrogens (tertiary/aromatic N) is 1. The normalized spacial score (nSPS) is 12.1. The van der Waals surface area contributed by atoms with Crippen LogP contribution in [0.5, 0.6) is 0 Å². The summed E-state index contributed by atoms with van der Waals surface area (Å²) in [6.45, 7) is 5.81. The molecule has 1 N–H and O–H groups in total. The topological polar surface area (TPSA) is 80.7 Å². The zero-order valence-corrected chi connectivity index (χ0v) is 15.3. The van der Waals surface area contributed by atoms with E-state index in [-0.39, 0.29) is 11.7 Å². The highest BCUT2D eigenvalue weighted by Gasteiger charge is 2.14. The highest BCUT2D eigenvalue weighted by atomic mass is 32.2. The Morgan fingerprint density at radius 3 is 2.13 bits per heavy atom. The fraction of sp³-hybridized carbons (Fsp3) is 0.812. The standard InChI is InChI=1S/C16H31NO5S/c1-4-16(18)22-14-11-13-17(2,3)12-9-7-5-6-8-10-15-23(19,20)21/h4H,1,5-15H2,2-3H3/p+1. The van der Waals surface area contributed by atoms with Crippen LogP contribution < -0.4 is 0 Å². The number of hydrogen-bond donors (Lipinski definition) is 1. The van der Waals surface area contributed by atoms with Gasteiger partial charge in [-0.3, -0.25) is 4.55 Å². The second kappa shape index (κ2) is 11.6. The van der Waals surface area contributed by atoms with E-state index in [1.165, 1.54) is 6.08 Å². The molecule has 0 saturated carbocycles. The number of carbonyl (C=O) groups is 1. The molecule has 0 saturated heterocycles. The van der Waals surface area contributed by atoms with E-state index in [1.807, 2.05) is 0 Å². The molecule has 0 aliphatic heterocycles. The summed E-state index contributed by atoms with van der Waals surface area (Å²) in [4.78, 5) is 10.9. The van der Waals surface area contributed by atoms with E-state index in [1.54, 1.807) is 0 Å². The van der Waals surface area contributed by atoms with E-state index in [0.29, 0.717) is 13.0 Å². The van der Waals surface area contributed by atoms with Crippen molar-refractivity contribution in [3.63, 3.8) is 0 Å². The van der Waals surface area contributed by atoms with E-state index in [4.69, 9.17) is 9.29 Å². The van der Waals surface area contributed by atoms with Gasteiger partial charge in [-0.15, -0.1) is 0 Å². The maximum atomic E-state index is 10.9. The molecule has 0 aliphatic carbocycles. The molecule has 136 valence electrons. The van der Waals surface area contributed by atoms with Crippen molar-refractivity contribution in [3.05, 3.63) is 12.7 Å². The molecular weight excluding hydrogens is 318 g/mol. The minimum atomic E-state index is -3.80. The molecule has 0 heterocycles. The molecule has 6 nitrogen and oxygen atoms in total. The van der Waals surface area contributed by atoms with Crippen LogP contribution in [0.4, 0.5) is 0 Å². The molecule has 0 atom stereocenters. The molecule has 0 spiro atoms. The van der Waals surface area contributed by atoms with Crippen LogP contribution in [-0.2, 0) is 19.6 Å². The largest absolute Gasteiger partial charge is 0.462 e. The van der Waals surface area contributed by atoms with Crippen LogP contribution in [0.25, 0.3) is 0 Å². The number of esters is 1. The number of unbranched alkanes of at least 4 members (excludes halogenated alkanes) is 5. The highest BCUT2D eigenvalue weighted by Crippen LogP contribution is 2.09. The Morgan fingerprint density at radius 2 is 1.57 bits per heavy atom. The first-order chi connectivity index (χ1) is 10.7. The van der Waals surface area contributed by atoms with E-state index < -0.39 is 10.1 Å². The zero-order valence-electron chi connectivity index (χ0n) is 14.5. The maximum Gasteiger partial charge on any atom is 0.330 e. The van der Waals surface area contributed by atoms with Crippen LogP contribution in [0.2, 0.25) is 0 Å². The second-order valence-electron chi connectivity index (χ2n) is 6.52. The van der Waals surface area contributed by atoms with E-state index in [2.05, 4.69) is 20.7 Å². The molecule has 0 aromatic heterocycles. The van der Waals surface area contributed by atoms with Crippen molar-refractivity contribution in [2.45, 2.75) is 44.9 Å². The predicted octanol–water partition coefficient (Wildman–Crippen LogP) is 2.41. The summed E-state index contributed by atoms with van der Waals surface area (Å²) in [5.41, 5.74) is 0. The van der Waals surface area contributed by atoms with Gasteiger partial charge in [-0.2, -0.15) is 8.42 Å². The Bertz CT molecular complexity index is 445. The van der Waals surface area contributed by atoms with E-state index in [9.17, 15) is 13.2 Å². The van der Waals surface area contributed by atoms with Crippen molar-refractivity contribution in [3.8, 4) is 0 Å². The predicted molar refractivity (Wildman–Crippen MR) is 91.7 cm³/mol. The highest BCUT2D eigenvalue weighted by molar-refractivity contribution is 7.85. The van der Waals surface area contributed by atoms with Gasteiger partial charge in [0.25, 0.3) is 10.1 Å². The van der Waals surface area contributed by atoms with Gasteiger partial charge in [0.05, 0.1) is 39.5 Å². The smallest absolute Gasteiger partial charge is 0.330 e. The molecule has 0 aromatic carbocycles. The lowest BCUT2D eigenvalue weighted by Crippen LogP contribution is -2.41. The van der Waals surface area contributed by atoms with Gasteiger partial charge in [-0.25, -0.2) is 4.79 Å². The summed E-state index contributed by atoms with van der Waals surface area (Å²) in [7, 11) is 0.538. The molecule has 0 unspecified atom stereocenters. The second-order valence-corrected chi connectivity index (χ2v) is 8.09. The first kappa shape index (κ1) is 22.1. The summed E-state index contributed by atoms with van der Waals surface area (Å²) in [6, 6.07) is 0. The minimum absolute atomic E-state index is 0.132. The number of ether oxygens (including phenoxy) is 1. The van der Waals surface area contributed by atoms with Crippen molar-refractivity contribution >= 4 is 16.1 Å². The van der Waals surface area contributed by atoms with E-state index >= 15 is 0 Å². The van der Waals surface area contributed by atoms with Crippen LogP contribution in [0.3, 0.4) is 0 Å². The lowest BCUT2D eigenvalue weighted by atomic mass is 10.1. The van der Waals surface area contributed by atoms with Gasteiger partial charge in [0.2, 0.25) is 0 Å². The fourth-order valence-corrected chi connectivity index (χ4v) is 2.94. The molecule has 0 aliphatic rings. The molecule has 23 heavy (non-hydrogen) atoms. The Hall–Kier alpha value is -0.920. The van der Waals surface area contributed by atoms with E-state index in [0.717, 1.165) is 56.1 Å². The molecule has 0 aromatic rings. The van der Waals surface area contributed by atoms with Crippen LogP contribution in [0, 0.1) is 0 Å². The van der Waals surface area contributed by atoms with Gasteiger partial charge in [0.15, 0.2) is 0 Å². The number of quaternary nitrogens is 1. The summed E-state index contributed by atoms with van der Waals surface area (Å²) in [5.74, 6) is -0.503. The third-order valence-corrected chi connectivity index (χ3v) is 4.54. The van der Waals surface area contributed by atoms with Gasteiger partial charge >= 0.3 is 5.97 Å². The van der Waals surface area contributed by atoms with Crippen molar-refractivity contribution in [2.75, 3.05) is 39.5 Å². The van der Waals surface area contributed by atoms with Crippen LogP contribution in [-0.4, -0.2) is 63.0 Å². The van der Waals surface area contributed by atoms with Crippen LogP contribution >= 0.6 is 0 Å². The first-order valence-corrected chi connectivity index (χ1v) is 9.83.